The van der Waals surface area contributed by atoms with Crippen molar-refractivity contribution in [1.82, 2.24) is 0 Å². The number of esters is 1. The second kappa shape index (κ2) is 4.37. The SMILES string of the molecule is COC(=O)c1coc2cc(OC)c(OC)cc12. The molecule has 0 N–H and O–H groups in total. The summed E-state index contributed by atoms with van der Waals surface area (Å²) in [6.45, 7) is 0. The first kappa shape index (κ1) is 11.3. The van der Waals surface area contributed by atoms with Crippen LogP contribution in [0, 0.1) is 0 Å². The van der Waals surface area contributed by atoms with Crippen molar-refractivity contribution in [3.63, 3.8) is 0 Å². The van der Waals surface area contributed by atoms with Gasteiger partial charge < -0.3 is 18.6 Å². The predicted molar refractivity (Wildman–Crippen MR) is 60.7 cm³/mol. The Labute approximate surface area is 97.9 Å². The quantitative estimate of drug-likeness (QED) is 0.765. The zero-order chi connectivity index (χ0) is 12.4. The maximum Gasteiger partial charge on any atom is 0.341 e. The van der Waals surface area contributed by atoms with Gasteiger partial charge in [0.1, 0.15) is 17.4 Å². The molecule has 5 heteroatoms. The van der Waals surface area contributed by atoms with Gasteiger partial charge in [-0.3, -0.25) is 0 Å². The molecule has 1 aromatic carbocycles. The van der Waals surface area contributed by atoms with Gasteiger partial charge in [-0.2, -0.15) is 0 Å². The van der Waals surface area contributed by atoms with Crippen molar-refractivity contribution in [1.29, 1.82) is 0 Å². The summed E-state index contributed by atoms with van der Waals surface area (Å²) in [7, 11) is 4.39. The molecule has 0 amide bonds. The average molecular weight is 236 g/mol. The van der Waals surface area contributed by atoms with E-state index in [1.165, 1.54) is 27.6 Å². The summed E-state index contributed by atoms with van der Waals surface area (Å²) in [5.74, 6) is 0.633. The number of hydrogen-bond donors (Lipinski definition) is 0. The molecule has 0 fully saturated rings. The molecule has 0 unspecified atom stereocenters. The fourth-order valence-electron chi connectivity index (χ4n) is 1.62. The molecule has 0 aliphatic heterocycles. The van der Waals surface area contributed by atoms with Gasteiger partial charge in [0.2, 0.25) is 0 Å². The smallest absolute Gasteiger partial charge is 0.341 e. The van der Waals surface area contributed by atoms with Crippen molar-refractivity contribution >= 4 is 16.9 Å². The molecule has 2 aromatic rings. The largest absolute Gasteiger partial charge is 0.493 e. The molecule has 90 valence electrons. The second-order valence-corrected chi connectivity index (χ2v) is 3.34. The van der Waals surface area contributed by atoms with Gasteiger partial charge in [-0.25, -0.2) is 4.79 Å². The maximum absolute atomic E-state index is 11.5. The number of fused-ring (bicyclic) bond motifs is 1. The van der Waals surface area contributed by atoms with E-state index in [2.05, 4.69) is 4.74 Å². The number of methoxy groups -OCH3 is 3. The van der Waals surface area contributed by atoms with Crippen LogP contribution >= 0.6 is 0 Å². The van der Waals surface area contributed by atoms with Crippen LogP contribution in [0.25, 0.3) is 11.0 Å². The minimum Gasteiger partial charge on any atom is -0.493 e. The molecule has 0 spiro atoms. The standard InChI is InChI=1S/C12H12O5/c1-14-10-4-7-8(12(13)16-3)6-17-9(7)5-11(10)15-2/h4-6H,1-3H3. The summed E-state index contributed by atoms with van der Waals surface area (Å²) in [5, 5.41) is 0.634. The van der Waals surface area contributed by atoms with Gasteiger partial charge in [-0.15, -0.1) is 0 Å². The Balaban J connectivity index is 2.65. The van der Waals surface area contributed by atoms with Crippen LogP contribution in [0.1, 0.15) is 10.4 Å². The van der Waals surface area contributed by atoms with Gasteiger partial charge in [0, 0.05) is 11.5 Å². The van der Waals surface area contributed by atoms with Crippen molar-refractivity contribution < 1.29 is 23.4 Å². The first-order valence-corrected chi connectivity index (χ1v) is 4.92. The van der Waals surface area contributed by atoms with Crippen molar-refractivity contribution in [2.45, 2.75) is 0 Å². The van der Waals surface area contributed by atoms with Gasteiger partial charge in [0.15, 0.2) is 11.5 Å². The third-order valence-corrected chi connectivity index (χ3v) is 2.48. The predicted octanol–water partition coefficient (Wildman–Crippen LogP) is 2.24. The lowest BCUT2D eigenvalue weighted by Gasteiger charge is -2.06. The molecule has 0 radical (unpaired) electrons. The second-order valence-electron chi connectivity index (χ2n) is 3.34. The fourth-order valence-corrected chi connectivity index (χ4v) is 1.62. The van der Waals surface area contributed by atoms with E-state index in [0.29, 0.717) is 28.0 Å². The summed E-state index contributed by atoms with van der Waals surface area (Å²) < 4.78 is 20.2. The van der Waals surface area contributed by atoms with Crippen LogP contribution in [-0.2, 0) is 4.74 Å². The Morgan fingerprint density at radius 3 is 2.35 bits per heavy atom. The van der Waals surface area contributed by atoms with Crippen LogP contribution in [-0.4, -0.2) is 27.3 Å². The number of ether oxygens (including phenoxy) is 3. The van der Waals surface area contributed by atoms with Crippen LogP contribution in [0.15, 0.2) is 22.8 Å². The summed E-state index contributed by atoms with van der Waals surface area (Å²) in [6, 6.07) is 3.35. The van der Waals surface area contributed by atoms with Crippen LogP contribution in [0.2, 0.25) is 0 Å². The molecule has 5 nitrogen and oxygen atoms in total. The molecular weight excluding hydrogens is 224 g/mol. The van der Waals surface area contributed by atoms with Gasteiger partial charge in [0.05, 0.1) is 21.3 Å². The van der Waals surface area contributed by atoms with Crippen molar-refractivity contribution in [2.75, 3.05) is 21.3 Å². The summed E-state index contributed by atoms with van der Waals surface area (Å²) >= 11 is 0. The molecule has 0 atom stereocenters. The number of furan rings is 1. The molecule has 0 saturated carbocycles. The molecular formula is C12H12O5. The number of benzene rings is 1. The molecule has 0 bridgehead atoms. The Kier molecular flexibility index (Phi) is 2.91. The van der Waals surface area contributed by atoms with E-state index >= 15 is 0 Å². The molecule has 1 aromatic heterocycles. The highest BCUT2D eigenvalue weighted by Crippen LogP contribution is 2.34. The zero-order valence-corrected chi connectivity index (χ0v) is 9.77. The van der Waals surface area contributed by atoms with E-state index in [1.54, 1.807) is 12.1 Å². The van der Waals surface area contributed by atoms with Crippen LogP contribution in [0.3, 0.4) is 0 Å². The number of hydrogen-bond acceptors (Lipinski definition) is 5. The molecule has 0 aliphatic carbocycles. The molecule has 0 aliphatic rings. The highest BCUT2D eigenvalue weighted by molar-refractivity contribution is 6.03. The van der Waals surface area contributed by atoms with Crippen LogP contribution < -0.4 is 9.47 Å². The highest BCUT2D eigenvalue weighted by Gasteiger charge is 2.17. The maximum atomic E-state index is 11.5. The van der Waals surface area contributed by atoms with E-state index in [1.807, 2.05) is 0 Å². The Hall–Kier alpha value is -2.17. The first-order valence-electron chi connectivity index (χ1n) is 4.92. The number of carbonyl (C=O) groups excluding carboxylic acids is 1. The normalized spacial score (nSPS) is 10.3. The van der Waals surface area contributed by atoms with Gasteiger partial charge in [0.25, 0.3) is 0 Å². The molecule has 17 heavy (non-hydrogen) atoms. The zero-order valence-electron chi connectivity index (χ0n) is 9.77. The number of carbonyl (C=O) groups is 1. The molecule has 2 rings (SSSR count). The van der Waals surface area contributed by atoms with E-state index in [4.69, 9.17) is 13.9 Å². The van der Waals surface area contributed by atoms with Crippen LogP contribution in [0.5, 0.6) is 11.5 Å². The average Bonchev–Trinajstić information content (AvgIpc) is 2.78. The third-order valence-electron chi connectivity index (χ3n) is 2.48. The Bertz CT molecular complexity index is 555. The fraction of sp³-hybridized carbons (Fsp3) is 0.250. The van der Waals surface area contributed by atoms with Crippen molar-refractivity contribution in [3.05, 3.63) is 24.0 Å². The van der Waals surface area contributed by atoms with E-state index in [-0.39, 0.29) is 0 Å². The minimum atomic E-state index is -0.448. The van der Waals surface area contributed by atoms with Gasteiger partial charge >= 0.3 is 5.97 Å². The van der Waals surface area contributed by atoms with E-state index in [9.17, 15) is 4.79 Å². The van der Waals surface area contributed by atoms with Crippen LogP contribution in [0.4, 0.5) is 0 Å². The lowest BCUT2D eigenvalue weighted by Crippen LogP contribution is -1.99. The van der Waals surface area contributed by atoms with Gasteiger partial charge in [-0.1, -0.05) is 0 Å². The lowest BCUT2D eigenvalue weighted by molar-refractivity contribution is 0.0602. The molecule has 1 heterocycles. The Morgan fingerprint density at radius 2 is 1.76 bits per heavy atom. The van der Waals surface area contributed by atoms with E-state index in [0.717, 1.165) is 0 Å². The first-order chi connectivity index (χ1) is 8.21. The highest BCUT2D eigenvalue weighted by atomic mass is 16.5. The minimum absolute atomic E-state index is 0.364. The molecule has 0 saturated heterocycles. The summed E-state index contributed by atoms with van der Waals surface area (Å²) in [6.07, 6.45) is 1.36. The van der Waals surface area contributed by atoms with Crippen molar-refractivity contribution in [2.24, 2.45) is 0 Å². The summed E-state index contributed by atoms with van der Waals surface area (Å²) in [4.78, 5) is 11.5. The monoisotopic (exact) mass is 236 g/mol. The van der Waals surface area contributed by atoms with Crippen molar-refractivity contribution in [3.8, 4) is 11.5 Å². The Morgan fingerprint density at radius 1 is 1.12 bits per heavy atom. The number of rotatable bonds is 3. The summed E-state index contributed by atoms with van der Waals surface area (Å²) in [5.41, 5.74) is 0.909. The van der Waals surface area contributed by atoms with Gasteiger partial charge in [-0.05, 0) is 6.07 Å². The topological polar surface area (TPSA) is 57.9 Å². The third kappa shape index (κ3) is 1.80. The lowest BCUT2D eigenvalue weighted by atomic mass is 10.1. The van der Waals surface area contributed by atoms with E-state index < -0.39 is 5.97 Å².